The third kappa shape index (κ3) is 6.48. The predicted octanol–water partition coefficient (Wildman–Crippen LogP) is 5.49. The van der Waals surface area contributed by atoms with Crippen molar-refractivity contribution in [1.82, 2.24) is 19.8 Å². The fourth-order valence-corrected chi connectivity index (χ4v) is 7.07. The van der Waals surface area contributed by atoms with E-state index in [0.29, 0.717) is 49.7 Å². The SMILES string of the molecule is S.[C-]#[N+]C[C@H]1CN(c2nc(OCC3(C(C)N(C)C)CC3)nc3c2CCN(c2cccc4cccc(Cl)c24)C3)CCN1C(=O)C(=C)F. The molecule has 2 fully saturated rings. The largest absolute Gasteiger partial charge is 0.463 e. The standard InChI is InChI=1S/C34H39ClFN7O2.H2S/c1-22(36)32(44)43-17-16-42(19-25(43)18-37-3)31-26-12-15-41(29-11-7-9-24-8-6-10-27(35)30(24)29)20-28(26)38-33(39-31)45-21-34(13-14-34)23(2)40(4)5;/h6-11,23,25H,1,12-21H2,2,4-5H3;1H2/t23?,25-;/m0./s1. The molecule has 12 heteroatoms. The molecule has 0 spiro atoms. The number of anilines is 2. The number of rotatable bonds is 9. The number of carbonyl (C=O) groups is 1. The molecule has 6 rings (SSSR count). The van der Waals surface area contributed by atoms with Gasteiger partial charge in [-0.15, -0.1) is 0 Å². The predicted molar refractivity (Wildman–Crippen MR) is 186 cm³/mol. The number of halogens is 2. The smallest absolute Gasteiger partial charge is 0.318 e. The molecule has 3 heterocycles. The van der Waals surface area contributed by atoms with E-state index in [0.717, 1.165) is 52.9 Å². The zero-order valence-electron chi connectivity index (χ0n) is 26.6. The minimum atomic E-state index is -1.01. The highest BCUT2D eigenvalue weighted by Gasteiger charge is 2.49. The van der Waals surface area contributed by atoms with E-state index < -0.39 is 17.8 Å². The molecule has 1 saturated heterocycles. The molecule has 1 amide bonds. The Morgan fingerprint density at radius 3 is 2.61 bits per heavy atom. The van der Waals surface area contributed by atoms with Gasteiger partial charge in [0.05, 0.1) is 23.9 Å². The molecule has 0 bridgehead atoms. The number of ether oxygens (including phenoxy) is 1. The molecule has 1 aliphatic carbocycles. The molecule has 1 saturated carbocycles. The fourth-order valence-electron chi connectivity index (χ4n) is 6.79. The number of amides is 1. The van der Waals surface area contributed by atoms with E-state index in [4.69, 9.17) is 32.9 Å². The van der Waals surface area contributed by atoms with Gasteiger partial charge in [0.25, 0.3) is 5.91 Å². The van der Waals surface area contributed by atoms with Crippen molar-refractivity contribution in [3.8, 4) is 6.01 Å². The number of nitrogens with zero attached hydrogens (tertiary/aromatic N) is 7. The molecule has 1 unspecified atom stereocenters. The molecule has 3 aromatic rings. The van der Waals surface area contributed by atoms with E-state index in [2.05, 4.69) is 71.4 Å². The van der Waals surface area contributed by atoms with Crippen LogP contribution in [0.4, 0.5) is 15.9 Å². The van der Waals surface area contributed by atoms with Crippen LogP contribution in [0, 0.1) is 12.0 Å². The van der Waals surface area contributed by atoms with Gasteiger partial charge in [0.1, 0.15) is 11.9 Å². The lowest BCUT2D eigenvalue weighted by molar-refractivity contribution is -0.131. The van der Waals surface area contributed by atoms with Crippen LogP contribution in [-0.2, 0) is 17.8 Å². The summed E-state index contributed by atoms with van der Waals surface area (Å²) in [5.74, 6) is -1.01. The number of hydrogen-bond acceptors (Lipinski definition) is 7. The van der Waals surface area contributed by atoms with E-state index in [1.54, 1.807) is 0 Å². The molecule has 46 heavy (non-hydrogen) atoms. The molecule has 0 radical (unpaired) electrons. The normalized spacial score (nSPS) is 19.2. The third-order valence-corrected chi connectivity index (χ3v) is 10.1. The quantitative estimate of drug-likeness (QED) is 0.221. The number of aromatic nitrogens is 2. The summed E-state index contributed by atoms with van der Waals surface area (Å²) in [5, 5.41) is 2.80. The maximum Gasteiger partial charge on any atom is 0.318 e. The van der Waals surface area contributed by atoms with Gasteiger partial charge in [0.15, 0.2) is 5.83 Å². The van der Waals surface area contributed by atoms with Crippen LogP contribution in [0.25, 0.3) is 15.6 Å². The van der Waals surface area contributed by atoms with Crippen molar-refractivity contribution >= 4 is 53.3 Å². The lowest BCUT2D eigenvalue weighted by Crippen LogP contribution is -2.57. The van der Waals surface area contributed by atoms with E-state index in [9.17, 15) is 9.18 Å². The van der Waals surface area contributed by atoms with Crippen molar-refractivity contribution in [3.63, 3.8) is 0 Å². The average Bonchev–Trinajstić information content (AvgIpc) is 3.83. The summed E-state index contributed by atoms with van der Waals surface area (Å²) in [6, 6.07) is 12.4. The Labute approximate surface area is 282 Å². The zero-order valence-corrected chi connectivity index (χ0v) is 28.4. The van der Waals surface area contributed by atoms with Gasteiger partial charge >= 0.3 is 6.01 Å². The summed E-state index contributed by atoms with van der Waals surface area (Å²) in [5.41, 5.74) is 3.03. The van der Waals surface area contributed by atoms with Crippen LogP contribution in [0.2, 0.25) is 5.02 Å². The Kier molecular flexibility index (Phi) is 10.0. The zero-order chi connectivity index (χ0) is 31.9. The van der Waals surface area contributed by atoms with Crippen molar-refractivity contribution < 1.29 is 13.9 Å². The molecule has 244 valence electrons. The van der Waals surface area contributed by atoms with E-state index in [-0.39, 0.29) is 32.0 Å². The molecule has 0 N–H and O–H groups in total. The second-order valence-electron chi connectivity index (χ2n) is 12.7. The summed E-state index contributed by atoms with van der Waals surface area (Å²) < 4.78 is 20.3. The number of benzene rings is 2. The molecule has 2 aromatic carbocycles. The molecule has 2 aliphatic heterocycles. The molecule has 3 aliphatic rings. The second-order valence-corrected chi connectivity index (χ2v) is 13.1. The number of carbonyl (C=O) groups excluding carboxylic acids is 1. The number of piperazine rings is 1. The highest BCUT2D eigenvalue weighted by molar-refractivity contribution is 7.59. The van der Waals surface area contributed by atoms with Crippen molar-refractivity contribution in [2.75, 3.05) is 63.2 Å². The Bertz CT molecular complexity index is 1670. The average molecular weight is 666 g/mol. The van der Waals surface area contributed by atoms with E-state index >= 15 is 0 Å². The van der Waals surface area contributed by atoms with Crippen LogP contribution >= 0.6 is 25.1 Å². The van der Waals surface area contributed by atoms with Gasteiger partial charge < -0.3 is 29.2 Å². The fraction of sp³-hybridized carbons (Fsp3) is 0.471. The Hall–Kier alpha value is -3.59. The van der Waals surface area contributed by atoms with Gasteiger partial charge in [-0.2, -0.15) is 23.5 Å². The molecule has 9 nitrogen and oxygen atoms in total. The Balaban J connectivity index is 0.00000417. The van der Waals surface area contributed by atoms with Crippen molar-refractivity contribution in [1.29, 1.82) is 0 Å². The van der Waals surface area contributed by atoms with E-state index in [1.807, 2.05) is 12.1 Å². The summed E-state index contributed by atoms with van der Waals surface area (Å²) in [7, 11) is 4.18. The van der Waals surface area contributed by atoms with Crippen molar-refractivity contribution in [3.05, 3.63) is 76.5 Å². The maximum atomic E-state index is 13.9. The van der Waals surface area contributed by atoms with Crippen LogP contribution in [0.15, 0.2) is 48.8 Å². The molecular formula is C34H41ClFN7O2S. The number of fused-ring (bicyclic) bond motifs is 2. The van der Waals surface area contributed by atoms with Gasteiger partial charge in [-0.05, 0) is 57.8 Å². The van der Waals surface area contributed by atoms with Crippen molar-refractivity contribution in [2.45, 2.75) is 44.8 Å². The van der Waals surface area contributed by atoms with Crippen LogP contribution in [0.1, 0.15) is 31.0 Å². The van der Waals surface area contributed by atoms with Gasteiger partial charge in [0.2, 0.25) is 6.54 Å². The first-order chi connectivity index (χ1) is 21.6. The minimum Gasteiger partial charge on any atom is -0.463 e. The van der Waals surface area contributed by atoms with Crippen LogP contribution in [0.3, 0.4) is 0 Å². The van der Waals surface area contributed by atoms with Crippen LogP contribution < -0.4 is 14.5 Å². The Morgan fingerprint density at radius 1 is 1.20 bits per heavy atom. The highest BCUT2D eigenvalue weighted by atomic mass is 35.5. The van der Waals surface area contributed by atoms with Gasteiger partial charge in [0, 0.05) is 54.3 Å². The molecule has 1 aromatic heterocycles. The first-order valence-corrected chi connectivity index (χ1v) is 15.8. The topological polar surface area (TPSA) is 69.4 Å². The number of hydrogen-bond donors (Lipinski definition) is 0. The van der Waals surface area contributed by atoms with E-state index in [1.165, 1.54) is 4.90 Å². The first-order valence-electron chi connectivity index (χ1n) is 15.5. The third-order valence-electron chi connectivity index (χ3n) is 9.81. The van der Waals surface area contributed by atoms with Crippen molar-refractivity contribution in [2.24, 2.45) is 5.41 Å². The van der Waals surface area contributed by atoms with Gasteiger partial charge in [-0.3, -0.25) is 4.79 Å². The molecule has 2 atom stereocenters. The monoisotopic (exact) mass is 665 g/mol. The summed E-state index contributed by atoms with van der Waals surface area (Å²) in [6.07, 6.45) is 2.88. The highest BCUT2D eigenvalue weighted by Crippen LogP contribution is 2.50. The maximum absolute atomic E-state index is 13.9. The van der Waals surface area contributed by atoms with Crippen LogP contribution in [-0.4, -0.2) is 91.2 Å². The summed E-state index contributed by atoms with van der Waals surface area (Å²) >= 11 is 6.70. The van der Waals surface area contributed by atoms with Gasteiger partial charge in [-0.25, -0.2) is 11.0 Å². The minimum absolute atomic E-state index is 0. The van der Waals surface area contributed by atoms with Gasteiger partial charge in [-0.1, -0.05) is 42.4 Å². The molecular weight excluding hydrogens is 625 g/mol. The lowest BCUT2D eigenvalue weighted by atomic mass is 9.98. The summed E-state index contributed by atoms with van der Waals surface area (Å²) in [4.78, 5) is 34.1. The van der Waals surface area contributed by atoms with Crippen LogP contribution in [0.5, 0.6) is 6.01 Å². The Morgan fingerprint density at radius 2 is 1.93 bits per heavy atom. The second kappa shape index (κ2) is 13.6. The summed E-state index contributed by atoms with van der Waals surface area (Å²) in [6.45, 7) is 15.8. The lowest BCUT2D eigenvalue weighted by Gasteiger charge is -2.41. The first kappa shape index (κ1) is 33.8.